The van der Waals surface area contributed by atoms with E-state index in [0.717, 1.165) is 12.0 Å². The lowest BCUT2D eigenvalue weighted by atomic mass is 9.65. The van der Waals surface area contributed by atoms with Crippen molar-refractivity contribution in [1.82, 2.24) is 14.7 Å². The second-order valence-corrected chi connectivity index (χ2v) is 12.8. The van der Waals surface area contributed by atoms with Gasteiger partial charge in [0.15, 0.2) is 0 Å². The van der Waals surface area contributed by atoms with Crippen LogP contribution in [0, 0.1) is 17.8 Å². The van der Waals surface area contributed by atoms with Gasteiger partial charge in [-0.2, -0.15) is 0 Å². The van der Waals surface area contributed by atoms with Gasteiger partial charge in [-0.25, -0.2) is 0 Å². The second-order valence-electron chi connectivity index (χ2n) is 11.2. The number of fused-ring (bicyclic) bond motifs is 1. The van der Waals surface area contributed by atoms with Crippen molar-refractivity contribution in [1.29, 1.82) is 0 Å². The fourth-order valence-electron chi connectivity index (χ4n) is 6.94. The SMILES string of the molecule is C=CCN(C)C(=O)[C@@H]1[C@@H]2CC(C)C3(S2)C(C(=O)N(CC=C)C(C)C)N([C@@H](CO)Cc2ccccc2)C(=O)[C@H]13. The first-order chi connectivity index (χ1) is 18.1. The highest BCUT2D eigenvalue weighted by Crippen LogP contribution is 2.69. The minimum Gasteiger partial charge on any atom is -0.394 e. The normalized spacial score (nSPS) is 30.3. The number of nitrogens with zero attached hydrogens (tertiary/aromatic N) is 3. The molecule has 8 heteroatoms. The molecule has 3 aliphatic rings. The van der Waals surface area contributed by atoms with Crippen LogP contribution >= 0.6 is 11.8 Å². The number of hydrogen-bond donors (Lipinski definition) is 1. The number of aliphatic hydroxyl groups excluding tert-OH is 1. The molecule has 3 fully saturated rings. The molecule has 3 unspecified atom stereocenters. The van der Waals surface area contributed by atoms with E-state index >= 15 is 0 Å². The van der Waals surface area contributed by atoms with Crippen molar-refractivity contribution in [2.75, 3.05) is 26.7 Å². The average molecular weight is 540 g/mol. The molecule has 0 aliphatic carbocycles. The van der Waals surface area contributed by atoms with Gasteiger partial charge in [-0.1, -0.05) is 49.4 Å². The molecule has 4 rings (SSSR count). The van der Waals surface area contributed by atoms with E-state index in [0.29, 0.717) is 19.5 Å². The fraction of sp³-hybridized carbons (Fsp3) is 0.567. The highest BCUT2D eigenvalue weighted by Gasteiger charge is 2.77. The number of benzene rings is 1. The third-order valence-corrected chi connectivity index (χ3v) is 10.7. The van der Waals surface area contributed by atoms with Crippen molar-refractivity contribution in [3.63, 3.8) is 0 Å². The highest BCUT2D eigenvalue weighted by molar-refractivity contribution is 8.02. The van der Waals surface area contributed by atoms with E-state index < -0.39 is 28.7 Å². The number of aliphatic hydroxyl groups is 1. The lowest BCUT2D eigenvalue weighted by Gasteiger charge is -2.43. The summed E-state index contributed by atoms with van der Waals surface area (Å²) in [6.45, 7) is 14.2. The predicted octanol–water partition coefficient (Wildman–Crippen LogP) is 2.99. The van der Waals surface area contributed by atoms with Crippen molar-refractivity contribution in [3.8, 4) is 0 Å². The Balaban J connectivity index is 1.83. The van der Waals surface area contributed by atoms with Crippen LogP contribution in [0.3, 0.4) is 0 Å². The number of hydrogen-bond acceptors (Lipinski definition) is 5. The number of likely N-dealkylation sites (tertiary alicyclic amines) is 1. The quantitative estimate of drug-likeness (QED) is 0.438. The van der Waals surface area contributed by atoms with Crippen LogP contribution in [0.25, 0.3) is 0 Å². The predicted molar refractivity (Wildman–Crippen MR) is 151 cm³/mol. The monoisotopic (exact) mass is 539 g/mol. The second kappa shape index (κ2) is 11.3. The van der Waals surface area contributed by atoms with Gasteiger partial charge in [-0.05, 0) is 38.2 Å². The standard InChI is InChI=1S/C30H41N3O4S/c1-7-14-31(6)27(35)24-23-16-20(5)30(38-23)25(24)28(36)33(22(18-34)17-21-12-10-9-11-13-21)26(30)29(37)32(15-8-2)19(3)4/h7-13,19-20,22-26,34H,1-2,14-18H2,3-6H3/t20?,22-,23+,24-,25+,26?,30?/m1/s1. The van der Waals surface area contributed by atoms with Crippen molar-refractivity contribution in [3.05, 3.63) is 61.2 Å². The zero-order valence-electron chi connectivity index (χ0n) is 23.0. The maximum atomic E-state index is 14.5. The van der Waals surface area contributed by atoms with E-state index in [2.05, 4.69) is 20.1 Å². The van der Waals surface area contributed by atoms with E-state index in [1.807, 2.05) is 44.2 Å². The molecule has 0 radical (unpaired) electrons. The van der Waals surface area contributed by atoms with Crippen molar-refractivity contribution in [2.24, 2.45) is 17.8 Å². The molecule has 2 bridgehead atoms. The molecule has 206 valence electrons. The van der Waals surface area contributed by atoms with Crippen LogP contribution in [0.4, 0.5) is 0 Å². The van der Waals surface area contributed by atoms with E-state index in [4.69, 9.17) is 0 Å². The van der Waals surface area contributed by atoms with Crippen LogP contribution in [0.15, 0.2) is 55.6 Å². The number of amides is 3. The van der Waals surface area contributed by atoms with E-state index in [1.165, 1.54) is 0 Å². The molecule has 1 aromatic rings. The molecule has 3 amide bonds. The number of rotatable bonds is 11. The molecule has 3 aliphatic heterocycles. The molecule has 1 N–H and O–H groups in total. The zero-order valence-corrected chi connectivity index (χ0v) is 23.8. The van der Waals surface area contributed by atoms with Crippen LogP contribution in [0.5, 0.6) is 0 Å². The molecule has 3 saturated heterocycles. The van der Waals surface area contributed by atoms with E-state index in [1.54, 1.807) is 45.7 Å². The van der Waals surface area contributed by atoms with Crippen LogP contribution < -0.4 is 0 Å². The lowest BCUT2D eigenvalue weighted by Crippen LogP contribution is -2.60. The van der Waals surface area contributed by atoms with E-state index in [9.17, 15) is 19.5 Å². The van der Waals surface area contributed by atoms with E-state index in [-0.39, 0.29) is 41.5 Å². The van der Waals surface area contributed by atoms with Gasteiger partial charge < -0.3 is 19.8 Å². The van der Waals surface area contributed by atoms with Crippen molar-refractivity contribution in [2.45, 2.75) is 61.7 Å². The Morgan fingerprint density at radius 1 is 1.18 bits per heavy atom. The Morgan fingerprint density at radius 3 is 2.42 bits per heavy atom. The van der Waals surface area contributed by atoms with Gasteiger partial charge in [-0.3, -0.25) is 14.4 Å². The largest absolute Gasteiger partial charge is 0.394 e. The van der Waals surface area contributed by atoms with Crippen LogP contribution in [-0.4, -0.2) is 92.4 Å². The Labute approximate surface area is 230 Å². The first-order valence-corrected chi connectivity index (χ1v) is 14.4. The summed E-state index contributed by atoms with van der Waals surface area (Å²) >= 11 is 1.66. The summed E-state index contributed by atoms with van der Waals surface area (Å²) in [4.78, 5) is 47.7. The van der Waals surface area contributed by atoms with Gasteiger partial charge in [0.1, 0.15) is 6.04 Å². The maximum absolute atomic E-state index is 14.5. The Bertz CT molecular complexity index is 1080. The molecule has 1 aromatic carbocycles. The summed E-state index contributed by atoms with van der Waals surface area (Å²) in [5.41, 5.74) is 0.982. The first-order valence-electron chi connectivity index (χ1n) is 13.6. The number of carbonyl (C=O) groups is 3. The highest BCUT2D eigenvalue weighted by atomic mass is 32.2. The minimum atomic E-state index is -0.768. The van der Waals surface area contributed by atoms with Gasteiger partial charge in [0, 0.05) is 31.4 Å². The summed E-state index contributed by atoms with van der Waals surface area (Å²) in [6.07, 6.45) is 4.59. The van der Waals surface area contributed by atoms with Gasteiger partial charge in [0.25, 0.3) is 0 Å². The van der Waals surface area contributed by atoms with Crippen molar-refractivity contribution < 1.29 is 19.5 Å². The molecular formula is C30H41N3O4S. The number of likely N-dealkylation sites (N-methyl/N-ethyl adjacent to an activating group) is 1. The van der Waals surface area contributed by atoms with Crippen LogP contribution in [0.2, 0.25) is 0 Å². The topological polar surface area (TPSA) is 81.2 Å². The summed E-state index contributed by atoms with van der Waals surface area (Å²) in [5.74, 6) is -1.44. The Hall–Kier alpha value is -2.58. The Kier molecular flexibility index (Phi) is 8.43. The summed E-state index contributed by atoms with van der Waals surface area (Å²) in [5, 5.41) is 10.6. The maximum Gasteiger partial charge on any atom is 0.247 e. The van der Waals surface area contributed by atoms with Gasteiger partial charge in [-0.15, -0.1) is 24.9 Å². The molecule has 0 saturated carbocycles. The molecule has 3 heterocycles. The molecule has 7 nitrogen and oxygen atoms in total. The fourth-order valence-corrected chi connectivity index (χ4v) is 9.34. The lowest BCUT2D eigenvalue weighted by molar-refractivity contribution is -0.147. The van der Waals surface area contributed by atoms with Crippen molar-refractivity contribution >= 4 is 29.5 Å². The average Bonchev–Trinajstić information content (AvgIpc) is 3.49. The third-order valence-electron chi connectivity index (χ3n) is 8.63. The molecule has 7 atom stereocenters. The number of carbonyl (C=O) groups excluding carboxylic acids is 3. The Morgan fingerprint density at radius 2 is 1.84 bits per heavy atom. The summed E-state index contributed by atoms with van der Waals surface area (Å²) in [6, 6.07) is 8.29. The third kappa shape index (κ3) is 4.49. The number of thioether (sulfide) groups is 1. The molecule has 1 spiro atoms. The van der Waals surface area contributed by atoms with Gasteiger partial charge in [0.05, 0.1) is 29.2 Å². The molecular weight excluding hydrogens is 498 g/mol. The molecule has 0 aromatic heterocycles. The minimum absolute atomic E-state index is 0.0234. The van der Waals surface area contributed by atoms with Crippen LogP contribution in [0.1, 0.15) is 32.8 Å². The smallest absolute Gasteiger partial charge is 0.247 e. The van der Waals surface area contributed by atoms with Gasteiger partial charge >= 0.3 is 0 Å². The first kappa shape index (κ1) is 28.4. The van der Waals surface area contributed by atoms with Crippen LogP contribution in [-0.2, 0) is 20.8 Å². The van der Waals surface area contributed by atoms with Gasteiger partial charge in [0.2, 0.25) is 17.7 Å². The zero-order chi connectivity index (χ0) is 27.8. The summed E-state index contributed by atoms with van der Waals surface area (Å²) < 4.78 is -0.730. The summed E-state index contributed by atoms with van der Waals surface area (Å²) in [7, 11) is 1.74. The molecule has 38 heavy (non-hydrogen) atoms.